The van der Waals surface area contributed by atoms with Crippen molar-refractivity contribution in [1.29, 1.82) is 0 Å². The molecule has 4 nitrogen and oxygen atoms in total. The molecule has 0 aliphatic rings. The molecule has 0 aromatic heterocycles. The van der Waals surface area contributed by atoms with Gasteiger partial charge < -0.3 is 10.2 Å². The minimum Gasteiger partial charge on any atom is -0.481 e. The van der Waals surface area contributed by atoms with Crippen molar-refractivity contribution in [2.24, 2.45) is 0 Å². The number of aryl methyl sites for hydroxylation is 1. The van der Waals surface area contributed by atoms with Crippen molar-refractivity contribution in [2.45, 2.75) is 193 Å². The van der Waals surface area contributed by atoms with Crippen molar-refractivity contribution in [3.8, 4) is 0 Å². The second-order valence-electron chi connectivity index (χ2n) is 12.7. The maximum atomic E-state index is 10.7. The summed E-state index contributed by atoms with van der Waals surface area (Å²) in [5.41, 5.74) is 4.87. The van der Waals surface area contributed by atoms with Crippen LogP contribution in [0.1, 0.15) is 197 Å². The fourth-order valence-electron chi connectivity index (χ4n) is 6.44. The number of benzene rings is 1. The Morgan fingerprint density at radius 2 is 1.02 bits per heavy atom. The van der Waals surface area contributed by atoms with Crippen LogP contribution in [0.25, 0.3) is 0 Å². The van der Waals surface area contributed by atoms with Crippen molar-refractivity contribution < 1.29 is 19.8 Å². The molecule has 1 unspecified atom stereocenters. The molecule has 4 heteroatoms. The van der Waals surface area contributed by atoms with Crippen LogP contribution in [0.4, 0.5) is 0 Å². The highest BCUT2D eigenvalue weighted by Gasteiger charge is 2.16. The minimum absolute atomic E-state index is 0.309. The van der Waals surface area contributed by atoms with E-state index in [0.29, 0.717) is 18.8 Å². The van der Waals surface area contributed by atoms with Crippen LogP contribution in [0.2, 0.25) is 0 Å². The van der Waals surface area contributed by atoms with Gasteiger partial charge in [-0.05, 0) is 74.0 Å². The molecule has 42 heavy (non-hydrogen) atoms. The first-order chi connectivity index (χ1) is 20.5. The molecule has 1 atom stereocenters. The first-order valence-corrected chi connectivity index (χ1v) is 18.0. The SMILES string of the molecule is CCCCCCCCCC(CC)c1cccc(CCCCCCCCCC(=O)O)c1CCCCCCCCCC(=O)O. The smallest absolute Gasteiger partial charge is 0.303 e. The molecule has 0 amide bonds. The van der Waals surface area contributed by atoms with Gasteiger partial charge in [0.25, 0.3) is 0 Å². The summed E-state index contributed by atoms with van der Waals surface area (Å²) >= 11 is 0. The van der Waals surface area contributed by atoms with E-state index in [9.17, 15) is 9.59 Å². The summed E-state index contributed by atoms with van der Waals surface area (Å²) in [6.07, 6.45) is 31.1. The van der Waals surface area contributed by atoms with Crippen LogP contribution < -0.4 is 0 Å². The van der Waals surface area contributed by atoms with Crippen molar-refractivity contribution in [3.05, 3.63) is 34.9 Å². The number of unbranched alkanes of at least 4 members (excludes halogenated alkanes) is 18. The molecule has 1 aromatic carbocycles. The van der Waals surface area contributed by atoms with Gasteiger partial charge in [-0.3, -0.25) is 9.59 Å². The average Bonchev–Trinajstić information content (AvgIpc) is 2.97. The highest BCUT2D eigenvalue weighted by molar-refractivity contribution is 5.66. The van der Waals surface area contributed by atoms with Gasteiger partial charge in [0.05, 0.1) is 0 Å². The zero-order chi connectivity index (χ0) is 30.7. The van der Waals surface area contributed by atoms with E-state index in [1.807, 2.05) is 0 Å². The van der Waals surface area contributed by atoms with E-state index in [1.54, 1.807) is 16.7 Å². The molecular formula is C38H66O4. The Balaban J connectivity index is 2.62. The van der Waals surface area contributed by atoms with E-state index in [0.717, 1.165) is 38.5 Å². The molecule has 0 radical (unpaired) electrons. The Morgan fingerprint density at radius 3 is 1.52 bits per heavy atom. The summed E-state index contributed by atoms with van der Waals surface area (Å²) in [5, 5.41) is 17.6. The molecule has 2 N–H and O–H groups in total. The summed E-state index contributed by atoms with van der Waals surface area (Å²) in [6.45, 7) is 4.67. The lowest BCUT2D eigenvalue weighted by Crippen LogP contribution is -2.07. The number of carboxylic acid groups (broad SMARTS) is 2. The van der Waals surface area contributed by atoms with Gasteiger partial charge in [-0.15, -0.1) is 0 Å². The number of hydrogen-bond acceptors (Lipinski definition) is 2. The van der Waals surface area contributed by atoms with Gasteiger partial charge in [0.2, 0.25) is 0 Å². The average molecular weight is 587 g/mol. The van der Waals surface area contributed by atoms with Crippen LogP contribution in [0, 0.1) is 0 Å². The maximum absolute atomic E-state index is 10.7. The molecule has 0 spiro atoms. The molecule has 0 saturated heterocycles. The van der Waals surface area contributed by atoms with Gasteiger partial charge >= 0.3 is 11.9 Å². The van der Waals surface area contributed by atoms with Gasteiger partial charge in [-0.25, -0.2) is 0 Å². The van der Waals surface area contributed by atoms with Crippen LogP contribution in [0.3, 0.4) is 0 Å². The second kappa shape index (κ2) is 26.8. The highest BCUT2D eigenvalue weighted by atomic mass is 16.4. The van der Waals surface area contributed by atoms with Gasteiger partial charge in [0.15, 0.2) is 0 Å². The molecule has 1 rings (SSSR count). The molecular weight excluding hydrogens is 520 g/mol. The fourth-order valence-corrected chi connectivity index (χ4v) is 6.44. The zero-order valence-corrected chi connectivity index (χ0v) is 27.6. The van der Waals surface area contributed by atoms with Crippen LogP contribution >= 0.6 is 0 Å². The highest BCUT2D eigenvalue weighted by Crippen LogP contribution is 2.32. The summed E-state index contributed by atoms with van der Waals surface area (Å²) < 4.78 is 0. The Hall–Kier alpha value is -1.84. The third-order valence-electron chi connectivity index (χ3n) is 9.05. The van der Waals surface area contributed by atoms with E-state index in [-0.39, 0.29) is 0 Å². The molecule has 0 bridgehead atoms. The van der Waals surface area contributed by atoms with E-state index in [4.69, 9.17) is 10.2 Å². The second-order valence-corrected chi connectivity index (χ2v) is 12.7. The van der Waals surface area contributed by atoms with E-state index >= 15 is 0 Å². The van der Waals surface area contributed by atoms with Gasteiger partial charge in [-0.1, -0.05) is 141 Å². The normalized spacial score (nSPS) is 12.0. The number of rotatable bonds is 30. The standard InChI is InChI=1S/C38H66O4/c1-3-5-6-7-10-15-20-26-33(4-2)35-30-25-28-34(27-21-16-11-8-13-18-23-31-37(39)40)36(35)29-22-17-12-9-14-19-24-32-38(41)42/h25,28,30,33H,3-24,26-27,29,31-32H2,1-2H3,(H,39,40)(H,41,42). The summed E-state index contributed by atoms with van der Waals surface area (Å²) in [7, 11) is 0. The Bertz CT molecular complexity index is 802. The monoisotopic (exact) mass is 586 g/mol. The third kappa shape index (κ3) is 20.1. The van der Waals surface area contributed by atoms with Crippen molar-refractivity contribution in [3.63, 3.8) is 0 Å². The predicted octanol–water partition coefficient (Wildman–Crippen LogP) is 11.8. The topological polar surface area (TPSA) is 74.6 Å². The quantitative estimate of drug-likeness (QED) is 0.0879. The molecule has 1 aromatic rings. The van der Waals surface area contributed by atoms with Crippen molar-refractivity contribution in [1.82, 2.24) is 0 Å². The first-order valence-electron chi connectivity index (χ1n) is 18.0. The molecule has 242 valence electrons. The summed E-state index contributed by atoms with van der Waals surface area (Å²) in [6, 6.07) is 7.16. The number of carbonyl (C=O) groups is 2. The number of aliphatic carboxylic acids is 2. The Labute approximate surface area is 259 Å². The van der Waals surface area contributed by atoms with Gasteiger partial charge in [0.1, 0.15) is 0 Å². The maximum Gasteiger partial charge on any atom is 0.303 e. The molecule has 0 fully saturated rings. The van der Waals surface area contributed by atoms with E-state index < -0.39 is 11.9 Å². The van der Waals surface area contributed by atoms with Gasteiger partial charge in [-0.2, -0.15) is 0 Å². The van der Waals surface area contributed by atoms with E-state index in [2.05, 4.69) is 32.0 Å². The first kappa shape index (κ1) is 38.2. The lowest BCUT2D eigenvalue weighted by Gasteiger charge is -2.22. The van der Waals surface area contributed by atoms with Crippen LogP contribution in [0.15, 0.2) is 18.2 Å². The minimum atomic E-state index is -0.672. The molecule has 0 aliphatic heterocycles. The molecule has 0 saturated carbocycles. The Morgan fingerprint density at radius 1 is 0.571 bits per heavy atom. The van der Waals surface area contributed by atoms with Crippen molar-refractivity contribution in [2.75, 3.05) is 0 Å². The lowest BCUT2D eigenvalue weighted by atomic mass is 9.83. The zero-order valence-electron chi connectivity index (χ0n) is 27.6. The van der Waals surface area contributed by atoms with E-state index in [1.165, 1.54) is 122 Å². The molecule has 0 heterocycles. The fraction of sp³-hybridized carbons (Fsp3) is 0.789. The summed E-state index contributed by atoms with van der Waals surface area (Å²) in [4.78, 5) is 21.4. The molecule has 0 aliphatic carbocycles. The Kier molecular flexibility index (Phi) is 24.3. The largest absolute Gasteiger partial charge is 0.481 e. The number of carboxylic acids is 2. The van der Waals surface area contributed by atoms with Crippen LogP contribution in [-0.2, 0) is 22.4 Å². The predicted molar refractivity (Wildman–Crippen MR) is 179 cm³/mol. The van der Waals surface area contributed by atoms with Crippen molar-refractivity contribution >= 4 is 11.9 Å². The number of hydrogen-bond donors (Lipinski definition) is 2. The lowest BCUT2D eigenvalue weighted by molar-refractivity contribution is -0.138. The van der Waals surface area contributed by atoms with Crippen LogP contribution in [-0.4, -0.2) is 22.2 Å². The third-order valence-corrected chi connectivity index (χ3v) is 9.05. The van der Waals surface area contributed by atoms with Gasteiger partial charge in [0, 0.05) is 12.8 Å². The van der Waals surface area contributed by atoms with Crippen LogP contribution in [0.5, 0.6) is 0 Å². The summed E-state index contributed by atoms with van der Waals surface area (Å²) in [5.74, 6) is -0.667.